The maximum Gasteiger partial charge on any atom is 0.395 e. The van der Waals surface area contributed by atoms with Gasteiger partial charge in [0.2, 0.25) is 11.7 Å². The van der Waals surface area contributed by atoms with E-state index >= 15 is 0 Å². The molecular formula is C20H26ClN3O3. The number of rotatable bonds is 7. The van der Waals surface area contributed by atoms with Crippen molar-refractivity contribution in [2.75, 3.05) is 7.11 Å². The number of ether oxygens (including phenoxy) is 1. The van der Waals surface area contributed by atoms with Crippen LogP contribution in [0.4, 0.5) is 0 Å². The number of carbonyl (C=O) groups excluding carboxylic acids is 1. The number of hydrogen-bond donors (Lipinski definition) is 0. The van der Waals surface area contributed by atoms with Crippen LogP contribution in [0, 0.1) is 6.92 Å². The summed E-state index contributed by atoms with van der Waals surface area (Å²) in [5.41, 5.74) is 2.37. The highest BCUT2D eigenvalue weighted by atomic mass is 35.5. The zero-order chi connectivity index (χ0) is 20.1. The smallest absolute Gasteiger partial charge is 0.395 e. The molecule has 0 aliphatic heterocycles. The van der Waals surface area contributed by atoms with E-state index in [1.54, 1.807) is 5.06 Å². The highest BCUT2D eigenvalue weighted by Gasteiger charge is 2.24. The minimum absolute atomic E-state index is 0.0291. The average molecular weight is 392 g/mol. The maximum atomic E-state index is 12.5. The van der Waals surface area contributed by atoms with Crippen LogP contribution in [-0.2, 0) is 11.3 Å². The Hall–Kier alpha value is -2.18. The maximum absolute atomic E-state index is 12.5. The number of hydrogen-bond acceptors (Lipinski definition) is 6. The third-order valence-corrected chi connectivity index (χ3v) is 4.45. The molecule has 0 atom stereocenters. The van der Waals surface area contributed by atoms with Crippen molar-refractivity contribution in [2.45, 2.75) is 53.1 Å². The average Bonchev–Trinajstić information content (AvgIpc) is 2.61. The molecule has 0 fully saturated rings. The summed E-state index contributed by atoms with van der Waals surface area (Å²) in [5.74, 6) is -0.295. The fourth-order valence-electron chi connectivity index (χ4n) is 2.81. The van der Waals surface area contributed by atoms with Crippen LogP contribution in [-0.4, -0.2) is 40.2 Å². The second-order valence-corrected chi connectivity index (χ2v) is 7.22. The first kappa shape index (κ1) is 21.1. The Morgan fingerprint density at radius 3 is 2.33 bits per heavy atom. The normalized spacial score (nSPS) is 11.3. The summed E-state index contributed by atoms with van der Waals surface area (Å²) in [6.07, 6.45) is 0.508. The first-order valence-corrected chi connectivity index (χ1v) is 9.27. The van der Waals surface area contributed by atoms with Crippen molar-refractivity contribution in [3.05, 3.63) is 51.9 Å². The van der Waals surface area contributed by atoms with E-state index in [9.17, 15) is 4.79 Å². The molecule has 0 N–H and O–H groups in total. The van der Waals surface area contributed by atoms with Crippen LogP contribution in [0.2, 0.25) is 5.02 Å². The van der Waals surface area contributed by atoms with E-state index in [1.807, 2.05) is 58.9 Å². The van der Waals surface area contributed by atoms with E-state index in [0.29, 0.717) is 23.0 Å². The summed E-state index contributed by atoms with van der Waals surface area (Å²) in [4.78, 5) is 26.6. The fraction of sp³-hybridized carbons (Fsp3) is 0.450. The number of halogens is 1. The Kier molecular flexibility index (Phi) is 7.16. The predicted molar refractivity (Wildman–Crippen MR) is 105 cm³/mol. The number of hydroxylamine groups is 2. The SMILES string of the molecule is COc1nc(C(=O)ON(C(C)C)C(C)C)nc(C)c1Cc1ccccc1Cl. The highest BCUT2D eigenvalue weighted by Crippen LogP contribution is 2.26. The third kappa shape index (κ3) is 5.17. The molecule has 0 amide bonds. The zero-order valence-electron chi connectivity index (χ0n) is 16.6. The van der Waals surface area contributed by atoms with Gasteiger partial charge in [-0.3, -0.25) is 0 Å². The molecule has 0 bridgehead atoms. The minimum Gasteiger partial charge on any atom is -0.481 e. The molecule has 0 spiro atoms. The lowest BCUT2D eigenvalue weighted by atomic mass is 10.0. The lowest BCUT2D eigenvalue weighted by molar-refractivity contribution is -0.151. The number of methoxy groups -OCH3 is 1. The highest BCUT2D eigenvalue weighted by molar-refractivity contribution is 6.31. The van der Waals surface area contributed by atoms with Crippen molar-refractivity contribution in [2.24, 2.45) is 0 Å². The van der Waals surface area contributed by atoms with Crippen molar-refractivity contribution in [3.8, 4) is 5.88 Å². The molecule has 1 heterocycles. The summed E-state index contributed by atoms with van der Waals surface area (Å²) >= 11 is 6.26. The lowest BCUT2D eigenvalue weighted by Crippen LogP contribution is -2.39. The Labute approximate surface area is 165 Å². The van der Waals surface area contributed by atoms with Gasteiger partial charge in [0.15, 0.2) is 0 Å². The predicted octanol–water partition coefficient (Wildman–Crippen LogP) is 4.23. The van der Waals surface area contributed by atoms with Gasteiger partial charge in [0.05, 0.1) is 7.11 Å². The monoisotopic (exact) mass is 391 g/mol. The summed E-state index contributed by atoms with van der Waals surface area (Å²) in [6, 6.07) is 7.64. The number of aryl methyl sites for hydroxylation is 1. The number of aromatic nitrogens is 2. The van der Waals surface area contributed by atoms with Crippen molar-refractivity contribution < 1.29 is 14.4 Å². The quantitative estimate of drug-likeness (QED) is 0.658. The second-order valence-electron chi connectivity index (χ2n) is 6.81. The number of nitrogens with zero attached hydrogens (tertiary/aromatic N) is 3. The van der Waals surface area contributed by atoms with Crippen molar-refractivity contribution in [3.63, 3.8) is 0 Å². The fourth-order valence-corrected chi connectivity index (χ4v) is 3.01. The molecule has 27 heavy (non-hydrogen) atoms. The summed E-state index contributed by atoms with van der Waals surface area (Å²) in [6.45, 7) is 9.62. The van der Waals surface area contributed by atoms with Gasteiger partial charge in [-0.05, 0) is 46.2 Å². The topological polar surface area (TPSA) is 64.6 Å². The van der Waals surface area contributed by atoms with Crippen LogP contribution in [0.3, 0.4) is 0 Å². The first-order chi connectivity index (χ1) is 12.7. The number of benzene rings is 1. The summed E-state index contributed by atoms with van der Waals surface area (Å²) in [5, 5.41) is 2.28. The van der Waals surface area contributed by atoms with Gasteiger partial charge in [0.1, 0.15) is 0 Å². The van der Waals surface area contributed by atoms with Crippen molar-refractivity contribution in [1.29, 1.82) is 0 Å². The zero-order valence-corrected chi connectivity index (χ0v) is 17.4. The first-order valence-electron chi connectivity index (χ1n) is 8.90. The minimum atomic E-state index is -0.608. The molecule has 0 saturated heterocycles. The molecule has 0 unspecified atom stereocenters. The molecule has 0 saturated carbocycles. The molecule has 0 radical (unpaired) electrons. The van der Waals surface area contributed by atoms with Crippen LogP contribution in [0.15, 0.2) is 24.3 Å². The molecule has 6 nitrogen and oxygen atoms in total. The molecule has 2 rings (SSSR count). The Bertz CT molecular complexity index is 801. The van der Waals surface area contributed by atoms with E-state index in [0.717, 1.165) is 11.1 Å². The molecule has 7 heteroatoms. The van der Waals surface area contributed by atoms with Gasteiger partial charge in [0, 0.05) is 34.8 Å². The Morgan fingerprint density at radius 2 is 1.78 bits per heavy atom. The van der Waals surface area contributed by atoms with E-state index in [2.05, 4.69) is 9.97 Å². The molecule has 0 aliphatic rings. The van der Waals surface area contributed by atoms with Crippen molar-refractivity contribution in [1.82, 2.24) is 15.0 Å². The van der Waals surface area contributed by atoms with Gasteiger partial charge in [0.25, 0.3) is 0 Å². The van der Waals surface area contributed by atoms with E-state index in [1.165, 1.54) is 7.11 Å². The second kappa shape index (κ2) is 9.15. The Morgan fingerprint density at radius 1 is 1.15 bits per heavy atom. The Balaban J connectivity index is 2.32. The van der Waals surface area contributed by atoms with Crippen molar-refractivity contribution >= 4 is 17.6 Å². The van der Waals surface area contributed by atoms with Gasteiger partial charge >= 0.3 is 5.97 Å². The molecular weight excluding hydrogens is 366 g/mol. The lowest BCUT2D eigenvalue weighted by Gasteiger charge is -2.28. The van der Waals surface area contributed by atoms with Crippen LogP contribution in [0.5, 0.6) is 5.88 Å². The van der Waals surface area contributed by atoms with Crippen LogP contribution in [0.25, 0.3) is 0 Å². The standard InChI is InChI=1S/C20H26ClN3O3/c1-12(2)24(13(3)4)27-20(25)18-22-14(5)16(19(23-18)26-6)11-15-9-7-8-10-17(15)21/h7-10,12-13H,11H2,1-6H3. The van der Waals surface area contributed by atoms with Gasteiger partial charge < -0.3 is 9.57 Å². The number of carbonyl (C=O) groups is 1. The molecule has 1 aromatic heterocycles. The molecule has 2 aromatic rings. The summed E-state index contributed by atoms with van der Waals surface area (Å²) < 4.78 is 5.41. The van der Waals surface area contributed by atoms with Gasteiger partial charge in [-0.2, -0.15) is 4.98 Å². The van der Waals surface area contributed by atoms with Crippen LogP contribution in [0.1, 0.15) is 55.1 Å². The van der Waals surface area contributed by atoms with E-state index < -0.39 is 5.97 Å². The van der Waals surface area contributed by atoms with Gasteiger partial charge in [-0.1, -0.05) is 29.8 Å². The summed E-state index contributed by atoms with van der Waals surface area (Å²) in [7, 11) is 1.52. The molecule has 1 aromatic carbocycles. The van der Waals surface area contributed by atoms with E-state index in [4.69, 9.17) is 21.2 Å². The largest absolute Gasteiger partial charge is 0.481 e. The van der Waals surface area contributed by atoms with Crippen LogP contribution >= 0.6 is 11.6 Å². The van der Waals surface area contributed by atoms with Crippen LogP contribution < -0.4 is 4.74 Å². The third-order valence-electron chi connectivity index (χ3n) is 4.08. The molecule has 146 valence electrons. The van der Waals surface area contributed by atoms with Gasteiger partial charge in [-0.15, -0.1) is 5.06 Å². The van der Waals surface area contributed by atoms with E-state index in [-0.39, 0.29) is 17.9 Å². The van der Waals surface area contributed by atoms with Gasteiger partial charge in [-0.25, -0.2) is 9.78 Å². The molecule has 0 aliphatic carbocycles.